The van der Waals surface area contributed by atoms with E-state index in [1.807, 2.05) is 50.2 Å². The molecule has 0 aliphatic rings. The van der Waals surface area contributed by atoms with E-state index in [0.717, 1.165) is 16.7 Å². The summed E-state index contributed by atoms with van der Waals surface area (Å²) in [4.78, 5) is 12.2. The molecule has 0 saturated carbocycles. The summed E-state index contributed by atoms with van der Waals surface area (Å²) in [6.45, 7) is 5.92. The van der Waals surface area contributed by atoms with Gasteiger partial charge in [0.05, 0.1) is 11.7 Å². The average Bonchev–Trinajstić information content (AvgIpc) is 2.55. The highest BCUT2D eigenvalue weighted by atomic mass is 32.2. The van der Waals surface area contributed by atoms with Crippen molar-refractivity contribution in [2.45, 2.75) is 27.3 Å². The minimum Gasteiger partial charge on any atom is -0.352 e. The molecule has 0 aliphatic heterocycles. The van der Waals surface area contributed by atoms with Crippen molar-refractivity contribution in [3.63, 3.8) is 0 Å². The lowest BCUT2D eigenvalue weighted by molar-refractivity contribution is -0.124. The molecular formula is C19H24N2O3S. The lowest BCUT2D eigenvalue weighted by atomic mass is 10.1. The maximum Gasteiger partial charge on any atom is 0.233 e. The Kier molecular flexibility index (Phi) is 6.20. The van der Waals surface area contributed by atoms with Gasteiger partial charge in [-0.3, -0.25) is 9.52 Å². The Balaban J connectivity index is 1.88. The number of nitrogens with one attached hydrogen (secondary N) is 2. The number of anilines is 1. The smallest absolute Gasteiger partial charge is 0.233 e. The summed E-state index contributed by atoms with van der Waals surface area (Å²) in [5.41, 5.74) is 3.67. The maximum atomic E-state index is 12.2. The largest absolute Gasteiger partial charge is 0.352 e. The molecule has 0 saturated heterocycles. The van der Waals surface area contributed by atoms with Crippen LogP contribution in [0.2, 0.25) is 0 Å². The number of carbonyl (C=O) groups excluding carboxylic acids is 1. The maximum absolute atomic E-state index is 12.2. The van der Waals surface area contributed by atoms with Crippen molar-refractivity contribution in [2.24, 2.45) is 5.92 Å². The molecule has 134 valence electrons. The van der Waals surface area contributed by atoms with Crippen LogP contribution in [0.25, 0.3) is 0 Å². The molecule has 0 bridgehead atoms. The number of hydrogen-bond acceptors (Lipinski definition) is 3. The molecule has 1 unspecified atom stereocenters. The minimum atomic E-state index is -3.59. The third-order valence-corrected chi connectivity index (χ3v) is 5.31. The van der Waals surface area contributed by atoms with Crippen LogP contribution in [0, 0.1) is 19.8 Å². The molecule has 0 radical (unpaired) electrons. The van der Waals surface area contributed by atoms with Crippen LogP contribution in [0.15, 0.2) is 48.5 Å². The number of hydrogen-bond donors (Lipinski definition) is 2. The summed E-state index contributed by atoms with van der Waals surface area (Å²) in [7, 11) is -3.59. The van der Waals surface area contributed by atoms with Crippen LogP contribution in [-0.2, 0) is 21.4 Å². The van der Waals surface area contributed by atoms with E-state index in [1.54, 1.807) is 19.1 Å². The highest BCUT2D eigenvalue weighted by Crippen LogP contribution is 2.12. The van der Waals surface area contributed by atoms with Crippen molar-refractivity contribution in [1.29, 1.82) is 0 Å². The molecule has 2 rings (SSSR count). The van der Waals surface area contributed by atoms with Crippen molar-refractivity contribution < 1.29 is 13.2 Å². The predicted octanol–water partition coefficient (Wildman–Crippen LogP) is 3.00. The van der Waals surface area contributed by atoms with Gasteiger partial charge < -0.3 is 5.32 Å². The summed E-state index contributed by atoms with van der Waals surface area (Å²) in [6.07, 6.45) is 0. The van der Waals surface area contributed by atoms with E-state index in [1.165, 1.54) is 0 Å². The Morgan fingerprint density at radius 3 is 2.04 bits per heavy atom. The number of carbonyl (C=O) groups is 1. The fourth-order valence-electron chi connectivity index (χ4n) is 2.32. The third-order valence-electron chi connectivity index (χ3n) is 3.83. The molecule has 2 N–H and O–H groups in total. The third kappa shape index (κ3) is 6.23. The van der Waals surface area contributed by atoms with Gasteiger partial charge in [-0.25, -0.2) is 8.42 Å². The van der Waals surface area contributed by atoms with Crippen LogP contribution >= 0.6 is 0 Å². The second-order valence-corrected chi connectivity index (χ2v) is 8.12. The van der Waals surface area contributed by atoms with Gasteiger partial charge in [0.25, 0.3) is 0 Å². The summed E-state index contributed by atoms with van der Waals surface area (Å²) in [5.74, 6) is -1.19. The first kappa shape index (κ1) is 19.0. The second-order valence-electron chi connectivity index (χ2n) is 6.35. The Bertz CT molecular complexity index is 813. The molecule has 1 amide bonds. The number of rotatable bonds is 7. The Morgan fingerprint density at radius 1 is 0.960 bits per heavy atom. The summed E-state index contributed by atoms with van der Waals surface area (Å²) in [6, 6.07) is 14.9. The molecule has 5 nitrogen and oxygen atoms in total. The van der Waals surface area contributed by atoms with Crippen molar-refractivity contribution in [1.82, 2.24) is 5.32 Å². The standard InChI is InChI=1S/C19H24N2O3S/c1-14-4-8-17(9-5-14)12-20-19(22)16(3)13-25(23,24)21-18-10-6-15(2)7-11-18/h4-11,16,21H,12-13H2,1-3H3,(H,20,22). The quantitative estimate of drug-likeness (QED) is 0.797. The topological polar surface area (TPSA) is 75.3 Å². The summed E-state index contributed by atoms with van der Waals surface area (Å²) >= 11 is 0. The zero-order valence-corrected chi connectivity index (χ0v) is 15.6. The molecular weight excluding hydrogens is 336 g/mol. The van der Waals surface area contributed by atoms with E-state index in [4.69, 9.17) is 0 Å². The number of sulfonamides is 1. The summed E-state index contributed by atoms with van der Waals surface area (Å²) < 4.78 is 26.9. The van der Waals surface area contributed by atoms with Crippen LogP contribution in [0.1, 0.15) is 23.6 Å². The Morgan fingerprint density at radius 2 is 1.48 bits per heavy atom. The van der Waals surface area contributed by atoms with Gasteiger partial charge in [-0.1, -0.05) is 54.4 Å². The highest BCUT2D eigenvalue weighted by Gasteiger charge is 2.21. The van der Waals surface area contributed by atoms with Crippen molar-refractivity contribution >= 4 is 21.6 Å². The van der Waals surface area contributed by atoms with Crippen molar-refractivity contribution in [2.75, 3.05) is 10.5 Å². The van der Waals surface area contributed by atoms with Crippen LogP contribution < -0.4 is 10.0 Å². The van der Waals surface area contributed by atoms with Crippen LogP contribution in [-0.4, -0.2) is 20.1 Å². The first-order valence-electron chi connectivity index (χ1n) is 8.15. The molecule has 1 atom stereocenters. The van der Waals surface area contributed by atoms with Gasteiger partial charge >= 0.3 is 0 Å². The zero-order valence-electron chi connectivity index (χ0n) is 14.7. The van der Waals surface area contributed by atoms with Crippen LogP contribution in [0.3, 0.4) is 0 Å². The lowest BCUT2D eigenvalue weighted by Gasteiger charge is -2.14. The second kappa shape index (κ2) is 8.16. The predicted molar refractivity (Wildman–Crippen MR) is 101 cm³/mol. The molecule has 0 fully saturated rings. The van der Waals surface area contributed by atoms with E-state index < -0.39 is 15.9 Å². The number of benzene rings is 2. The van der Waals surface area contributed by atoms with Gasteiger partial charge in [-0.15, -0.1) is 0 Å². The number of aryl methyl sites for hydroxylation is 2. The van der Waals surface area contributed by atoms with Gasteiger partial charge in [0.1, 0.15) is 0 Å². The fourth-order valence-corrected chi connectivity index (χ4v) is 3.71. The molecule has 0 spiro atoms. The van der Waals surface area contributed by atoms with E-state index >= 15 is 0 Å². The van der Waals surface area contributed by atoms with Crippen LogP contribution in [0.4, 0.5) is 5.69 Å². The highest BCUT2D eigenvalue weighted by molar-refractivity contribution is 7.92. The monoisotopic (exact) mass is 360 g/mol. The van der Waals surface area contributed by atoms with Crippen molar-refractivity contribution in [3.05, 3.63) is 65.2 Å². The van der Waals surface area contributed by atoms with Crippen molar-refractivity contribution in [3.8, 4) is 0 Å². The average molecular weight is 360 g/mol. The van der Waals surface area contributed by atoms with Gasteiger partial charge in [-0.05, 0) is 31.5 Å². The van der Waals surface area contributed by atoms with Crippen LogP contribution in [0.5, 0.6) is 0 Å². The van der Waals surface area contributed by atoms with E-state index in [9.17, 15) is 13.2 Å². The first-order chi connectivity index (χ1) is 11.7. The van der Waals surface area contributed by atoms with Gasteiger partial charge in [0, 0.05) is 12.2 Å². The van der Waals surface area contributed by atoms with Gasteiger partial charge in [0.15, 0.2) is 0 Å². The fraction of sp³-hybridized carbons (Fsp3) is 0.316. The SMILES string of the molecule is Cc1ccc(CNC(=O)C(C)CS(=O)(=O)Nc2ccc(C)cc2)cc1. The Hall–Kier alpha value is -2.34. The minimum absolute atomic E-state index is 0.263. The van der Waals surface area contributed by atoms with E-state index in [0.29, 0.717) is 12.2 Å². The van der Waals surface area contributed by atoms with E-state index in [2.05, 4.69) is 10.0 Å². The molecule has 0 aromatic heterocycles. The van der Waals surface area contributed by atoms with Gasteiger partial charge in [0.2, 0.25) is 15.9 Å². The number of amides is 1. The van der Waals surface area contributed by atoms with Gasteiger partial charge in [-0.2, -0.15) is 0 Å². The summed E-state index contributed by atoms with van der Waals surface area (Å²) in [5, 5.41) is 2.78. The molecule has 25 heavy (non-hydrogen) atoms. The molecule has 2 aromatic rings. The lowest BCUT2D eigenvalue weighted by Crippen LogP contribution is -2.34. The Labute approximate surface area is 149 Å². The normalized spacial score (nSPS) is 12.4. The molecule has 6 heteroatoms. The molecule has 2 aromatic carbocycles. The zero-order chi connectivity index (χ0) is 18.4. The first-order valence-corrected chi connectivity index (χ1v) is 9.81. The molecule has 0 heterocycles. The molecule has 0 aliphatic carbocycles. The van der Waals surface area contributed by atoms with E-state index in [-0.39, 0.29) is 11.7 Å².